The van der Waals surface area contributed by atoms with Gasteiger partial charge in [0.2, 0.25) is 15.9 Å². The molecule has 260 valence electrons. The third-order valence-electron chi connectivity index (χ3n) is 8.24. The average Bonchev–Trinajstić information content (AvgIpc) is 3.64. The zero-order valence-electron chi connectivity index (χ0n) is 26.8. The lowest BCUT2D eigenvalue weighted by atomic mass is 9.99. The molecule has 1 amide bonds. The van der Waals surface area contributed by atoms with Gasteiger partial charge >= 0.3 is 0 Å². The first-order valence-electron chi connectivity index (χ1n) is 15.2. The van der Waals surface area contributed by atoms with E-state index in [4.69, 9.17) is 9.47 Å². The number of hydrogen-bond donors (Lipinski definition) is 0. The van der Waals surface area contributed by atoms with Gasteiger partial charge in [0.15, 0.2) is 15.8 Å². The van der Waals surface area contributed by atoms with Gasteiger partial charge in [0.25, 0.3) is 12.9 Å². The highest BCUT2D eigenvalue weighted by Crippen LogP contribution is 2.39. The number of pyridine rings is 1. The molecule has 3 aromatic rings. The molecule has 5 rings (SSSR count). The van der Waals surface area contributed by atoms with Crippen LogP contribution < -0.4 is 4.90 Å². The molecule has 0 radical (unpaired) electrons. The number of hydrogen-bond acceptors (Lipinski definition) is 10. The Bertz CT molecular complexity index is 1690. The fourth-order valence-electron chi connectivity index (χ4n) is 5.33. The van der Waals surface area contributed by atoms with Gasteiger partial charge in [-0.05, 0) is 12.1 Å². The van der Waals surface area contributed by atoms with Crippen molar-refractivity contribution in [3.05, 3.63) is 23.5 Å². The molecular formula is C28H39F4N7O5S2Si. The molecule has 0 unspecified atom stereocenters. The Labute approximate surface area is 275 Å². The number of sulfonamides is 1. The summed E-state index contributed by atoms with van der Waals surface area (Å²) < 4.78 is 97.9. The van der Waals surface area contributed by atoms with Crippen LogP contribution in [0.1, 0.15) is 25.3 Å². The van der Waals surface area contributed by atoms with Crippen molar-refractivity contribution in [2.75, 3.05) is 57.6 Å². The number of rotatable bonds is 13. The highest BCUT2D eigenvalue weighted by molar-refractivity contribution is 7.89. The number of anilines is 1. The third-order valence-corrected chi connectivity index (χ3v) is 12.7. The van der Waals surface area contributed by atoms with Crippen LogP contribution in [0.5, 0.6) is 0 Å². The quantitative estimate of drug-likeness (QED) is 0.109. The van der Waals surface area contributed by atoms with Gasteiger partial charge in [-0.2, -0.15) is 4.31 Å². The molecule has 5 heterocycles. The number of nitrogens with zero attached hydrogens (tertiary/aromatic N) is 7. The summed E-state index contributed by atoms with van der Waals surface area (Å²) in [7, 11) is -6.26. The summed E-state index contributed by atoms with van der Waals surface area (Å²) in [5.74, 6) is -0.140. The molecule has 0 atom stereocenters. The molecule has 0 bridgehead atoms. The van der Waals surface area contributed by atoms with E-state index in [0.717, 1.165) is 0 Å². The monoisotopic (exact) mass is 721 g/mol. The Kier molecular flexibility index (Phi) is 10.3. The number of fused-ring (bicyclic) bond motifs is 1. The number of carbonyl (C=O) groups is 1. The summed E-state index contributed by atoms with van der Waals surface area (Å²) in [5.41, 5.74) is -1.29. The van der Waals surface area contributed by atoms with E-state index in [2.05, 4.69) is 34.8 Å². The summed E-state index contributed by atoms with van der Waals surface area (Å²) in [6, 6.07) is 2.09. The van der Waals surface area contributed by atoms with Crippen LogP contribution >= 0.6 is 11.3 Å². The molecule has 2 saturated heterocycles. The van der Waals surface area contributed by atoms with Crippen molar-refractivity contribution in [1.82, 2.24) is 28.8 Å². The summed E-state index contributed by atoms with van der Waals surface area (Å²) in [4.78, 5) is 20.3. The van der Waals surface area contributed by atoms with Gasteiger partial charge < -0.3 is 19.3 Å². The fourth-order valence-corrected chi connectivity index (χ4v) is 8.41. The first-order chi connectivity index (χ1) is 22.0. The van der Waals surface area contributed by atoms with Crippen molar-refractivity contribution in [2.24, 2.45) is 5.92 Å². The maximum atomic E-state index is 14.6. The third kappa shape index (κ3) is 7.19. The second-order valence-electron chi connectivity index (χ2n) is 13.2. The van der Waals surface area contributed by atoms with Gasteiger partial charge in [-0.15, -0.1) is 10.2 Å². The van der Waals surface area contributed by atoms with Crippen molar-refractivity contribution in [2.45, 2.75) is 62.8 Å². The minimum Gasteiger partial charge on any atom is -0.377 e. The van der Waals surface area contributed by atoms with E-state index in [0.29, 0.717) is 59.1 Å². The minimum atomic E-state index is -4.69. The summed E-state index contributed by atoms with van der Waals surface area (Å²) in [6.45, 7) is 9.98. The van der Waals surface area contributed by atoms with E-state index < -0.39 is 61.4 Å². The smallest absolute Gasteiger partial charge is 0.291 e. The number of halogens is 4. The highest BCUT2D eigenvalue weighted by Gasteiger charge is 2.57. The summed E-state index contributed by atoms with van der Waals surface area (Å²) in [6.07, 6.45) is -3.24. The Hall–Kier alpha value is -2.71. The van der Waals surface area contributed by atoms with E-state index in [1.807, 2.05) is 18.7 Å². The van der Waals surface area contributed by atoms with Crippen molar-refractivity contribution >= 4 is 46.5 Å². The van der Waals surface area contributed by atoms with Crippen LogP contribution in [0.2, 0.25) is 25.7 Å². The van der Waals surface area contributed by atoms with Crippen LogP contribution in [0.15, 0.2) is 23.4 Å². The zero-order valence-corrected chi connectivity index (χ0v) is 29.5. The van der Waals surface area contributed by atoms with Gasteiger partial charge in [0.1, 0.15) is 17.2 Å². The molecule has 0 aliphatic carbocycles. The Morgan fingerprint density at radius 1 is 1.13 bits per heavy atom. The highest BCUT2D eigenvalue weighted by atomic mass is 32.2. The molecule has 0 spiro atoms. The largest absolute Gasteiger partial charge is 0.377 e. The Morgan fingerprint density at radius 2 is 1.81 bits per heavy atom. The first kappa shape index (κ1) is 35.6. The number of ether oxygens (including phenoxy) is 2. The number of aromatic nitrogens is 4. The molecule has 0 N–H and O–H groups in total. The molecule has 0 aromatic carbocycles. The normalized spacial score (nSPS) is 17.5. The molecule has 2 aliphatic heterocycles. The Balaban J connectivity index is 1.60. The predicted molar refractivity (Wildman–Crippen MR) is 170 cm³/mol. The van der Waals surface area contributed by atoms with Crippen molar-refractivity contribution in [3.63, 3.8) is 0 Å². The van der Waals surface area contributed by atoms with Gasteiger partial charge in [-0.3, -0.25) is 9.20 Å². The Morgan fingerprint density at radius 3 is 2.34 bits per heavy atom. The maximum Gasteiger partial charge on any atom is 0.291 e. The molecule has 12 nitrogen and oxygen atoms in total. The molecule has 2 fully saturated rings. The van der Waals surface area contributed by atoms with Crippen LogP contribution in [-0.4, -0.2) is 116 Å². The van der Waals surface area contributed by atoms with Crippen LogP contribution in [-0.2, 0) is 24.3 Å². The molecule has 3 aromatic heterocycles. The molecule has 19 heteroatoms. The average molecular weight is 722 g/mol. The van der Waals surface area contributed by atoms with E-state index >= 15 is 0 Å². The first-order valence-corrected chi connectivity index (χ1v) is 21.1. The van der Waals surface area contributed by atoms with Crippen molar-refractivity contribution in [1.29, 1.82) is 0 Å². The zero-order chi connectivity index (χ0) is 34.3. The van der Waals surface area contributed by atoms with E-state index in [9.17, 15) is 30.8 Å². The molecule has 0 saturated carbocycles. The number of carbonyl (C=O) groups excluding carboxylic acids is 1. The standard InChI is InChI=1S/C28H39F4N7O5S2Si/c1-18(2)26(40)37-8-6-36(7-9-37)20-12-19(14-38-21(20)13-33-23(38)25-35-34-24(45-25)22(29)30)46(41,42)39(17-43-10-11-47(3,4)5)28(27(31)32)15-44-16-28/h12-14,18,22,27H,6-11,15-17H2,1-5H3. The van der Waals surface area contributed by atoms with Gasteiger partial charge in [0.05, 0.1) is 30.6 Å². The number of alkyl halides is 4. The lowest BCUT2D eigenvalue weighted by Crippen LogP contribution is -2.68. The number of imidazole rings is 1. The van der Waals surface area contributed by atoms with Crippen molar-refractivity contribution < 1.29 is 40.2 Å². The van der Waals surface area contributed by atoms with E-state index in [1.54, 1.807) is 4.90 Å². The number of piperazine rings is 1. The second-order valence-corrected chi connectivity index (χ2v) is 21.7. The van der Waals surface area contributed by atoms with Crippen LogP contribution in [0.25, 0.3) is 16.3 Å². The molecular weight excluding hydrogens is 683 g/mol. The molecule has 47 heavy (non-hydrogen) atoms. The molecule has 2 aliphatic rings. The predicted octanol–water partition coefficient (Wildman–Crippen LogP) is 4.43. The summed E-state index contributed by atoms with van der Waals surface area (Å²) >= 11 is 0.612. The maximum absolute atomic E-state index is 14.6. The van der Waals surface area contributed by atoms with E-state index in [-0.39, 0.29) is 34.2 Å². The van der Waals surface area contributed by atoms with Crippen molar-refractivity contribution in [3.8, 4) is 10.8 Å². The van der Waals surface area contributed by atoms with Gasteiger partial charge in [-0.1, -0.05) is 44.8 Å². The topological polar surface area (TPSA) is 122 Å². The number of amides is 1. The van der Waals surface area contributed by atoms with Crippen LogP contribution in [0.4, 0.5) is 23.2 Å². The van der Waals surface area contributed by atoms with Crippen LogP contribution in [0.3, 0.4) is 0 Å². The van der Waals surface area contributed by atoms with Crippen LogP contribution in [0, 0.1) is 5.92 Å². The lowest BCUT2D eigenvalue weighted by molar-refractivity contribution is -0.192. The van der Waals surface area contributed by atoms with Gasteiger partial charge in [0, 0.05) is 53.0 Å². The summed E-state index contributed by atoms with van der Waals surface area (Å²) in [5, 5.41) is 6.89. The SMILES string of the molecule is CC(C)C(=O)N1CCN(c2cc(S(=O)(=O)N(COCC[Si](C)(C)C)C3(C(F)F)COC3)cn3c(-c4nnc(C(F)F)s4)ncc23)CC1. The second kappa shape index (κ2) is 13.7. The lowest BCUT2D eigenvalue weighted by Gasteiger charge is -2.47. The fraction of sp³-hybridized carbons (Fsp3) is 0.643. The van der Waals surface area contributed by atoms with E-state index in [1.165, 1.54) is 22.9 Å². The minimum absolute atomic E-state index is 0.00588. The van der Waals surface area contributed by atoms with Gasteiger partial charge in [-0.25, -0.2) is 31.0 Å².